The fourth-order valence-electron chi connectivity index (χ4n) is 7.75. The smallest absolute Gasteiger partial charge is 0.220 e. The van der Waals surface area contributed by atoms with Crippen LogP contribution in [0.2, 0.25) is 0 Å². The van der Waals surface area contributed by atoms with Crippen molar-refractivity contribution in [1.82, 2.24) is 0 Å². The molecule has 0 unspecified atom stereocenters. The number of carbonyl (C=O) groups excluding carboxylic acids is 4. The molecule has 0 N–H and O–H groups in total. The summed E-state index contributed by atoms with van der Waals surface area (Å²) in [6, 6.07) is 0. The van der Waals surface area contributed by atoms with Gasteiger partial charge >= 0.3 is 0 Å². The zero-order valence-corrected chi connectivity index (χ0v) is 35.4. The molecule has 0 heterocycles. The molecule has 0 aliphatic heterocycles. The van der Waals surface area contributed by atoms with E-state index in [-0.39, 0.29) is 11.6 Å². The highest BCUT2D eigenvalue weighted by Crippen LogP contribution is 2.31. The lowest BCUT2D eigenvalue weighted by Gasteiger charge is -2.25. The average molecular weight is 730 g/mol. The van der Waals surface area contributed by atoms with Crippen molar-refractivity contribution < 1.29 is 19.2 Å². The average Bonchev–Trinajstić information content (AvgIpc) is 3.15. The number of hydrogen-bond donors (Lipinski definition) is 0. The van der Waals surface area contributed by atoms with Gasteiger partial charge < -0.3 is 0 Å². The van der Waals surface area contributed by atoms with Gasteiger partial charge in [0, 0.05) is 25.7 Å². The van der Waals surface area contributed by atoms with Crippen molar-refractivity contribution in [3.8, 4) is 0 Å². The quantitative estimate of drug-likeness (QED) is 0.0462. The predicted octanol–water partition coefficient (Wildman–Crippen LogP) is 15.5. The second-order valence-corrected chi connectivity index (χ2v) is 16.5. The van der Waals surface area contributed by atoms with E-state index >= 15 is 0 Å². The highest BCUT2D eigenvalue weighted by molar-refractivity contribution is 6.18. The molecule has 0 aromatic heterocycles. The first-order valence-corrected chi connectivity index (χ1v) is 23.5. The molecular weight excluding hydrogens is 641 g/mol. The van der Waals surface area contributed by atoms with Gasteiger partial charge in [0.25, 0.3) is 0 Å². The van der Waals surface area contributed by atoms with E-state index in [9.17, 15) is 19.2 Å². The van der Waals surface area contributed by atoms with Crippen LogP contribution in [0, 0.1) is 5.41 Å². The van der Waals surface area contributed by atoms with Gasteiger partial charge in [0.1, 0.15) is 5.78 Å². The van der Waals surface area contributed by atoms with Crippen LogP contribution in [0.3, 0.4) is 0 Å². The lowest BCUT2D eigenvalue weighted by molar-refractivity contribution is -0.137. The fraction of sp³-hybridized carbons (Fsp3) is 0.917. The monoisotopic (exact) mass is 730 g/mol. The minimum atomic E-state index is -1.54. The minimum absolute atomic E-state index is 0.168. The van der Waals surface area contributed by atoms with Gasteiger partial charge in [0.15, 0.2) is 17.0 Å². The SMILES string of the molecule is CCCCCCCCCCCC(=O)CCCCCCCCCCC([C]=O)(C(=O)CCCCCCCCCCC)C(=O)CCCCCCCCCCC. The Labute approximate surface area is 325 Å². The second kappa shape index (κ2) is 39.4. The van der Waals surface area contributed by atoms with Crippen molar-refractivity contribution in [1.29, 1.82) is 0 Å². The number of unbranched alkanes of at least 4 members (excludes halogenated alkanes) is 31. The standard InChI is InChI=1S/C48H89O4/c1-4-7-10-13-16-19-24-29-34-39-45(50)40-35-30-25-22-23-28-33-38-43-48(44-49,46(51)41-36-31-26-20-17-14-11-8-5-2)47(52)42-37-32-27-21-18-15-12-9-6-3/h4-43H2,1-3H3. The van der Waals surface area contributed by atoms with Gasteiger partial charge in [0.2, 0.25) is 6.29 Å². The van der Waals surface area contributed by atoms with Crippen molar-refractivity contribution in [2.45, 2.75) is 278 Å². The largest absolute Gasteiger partial charge is 0.300 e. The van der Waals surface area contributed by atoms with E-state index in [1.54, 1.807) is 0 Å². The Morgan fingerprint density at radius 1 is 0.327 bits per heavy atom. The second-order valence-electron chi connectivity index (χ2n) is 16.5. The van der Waals surface area contributed by atoms with E-state index < -0.39 is 5.41 Å². The summed E-state index contributed by atoms with van der Waals surface area (Å²) >= 11 is 0. The molecule has 0 aliphatic rings. The van der Waals surface area contributed by atoms with Crippen LogP contribution in [0.15, 0.2) is 0 Å². The third kappa shape index (κ3) is 30.1. The fourth-order valence-corrected chi connectivity index (χ4v) is 7.75. The molecule has 0 aromatic carbocycles. The highest BCUT2D eigenvalue weighted by atomic mass is 16.2. The Hall–Kier alpha value is -1.32. The topological polar surface area (TPSA) is 68.3 Å². The predicted molar refractivity (Wildman–Crippen MR) is 225 cm³/mol. The number of ketones is 3. The maximum atomic E-state index is 13.6. The van der Waals surface area contributed by atoms with Crippen molar-refractivity contribution in [3.05, 3.63) is 0 Å². The Bertz CT molecular complexity index is 783. The molecular formula is C48H89O4. The normalized spacial score (nSPS) is 11.7. The Morgan fingerprint density at radius 2 is 0.558 bits per heavy atom. The molecule has 0 amide bonds. The van der Waals surface area contributed by atoms with Crippen molar-refractivity contribution in [3.63, 3.8) is 0 Å². The first-order valence-electron chi connectivity index (χ1n) is 23.5. The zero-order valence-electron chi connectivity index (χ0n) is 35.4. The van der Waals surface area contributed by atoms with Crippen LogP contribution in [0.25, 0.3) is 0 Å². The summed E-state index contributed by atoms with van der Waals surface area (Å²) in [7, 11) is 0. The first kappa shape index (κ1) is 50.7. The van der Waals surface area contributed by atoms with Crippen molar-refractivity contribution in [2.24, 2.45) is 5.41 Å². The number of Topliss-reactive ketones (excluding diaryl/α,β-unsaturated/α-hetero) is 3. The summed E-state index contributed by atoms with van der Waals surface area (Å²) in [5, 5.41) is 0. The molecule has 0 rings (SSSR count). The van der Waals surface area contributed by atoms with E-state index in [0.29, 0.717) is 25.0 Å². The molecule has 4 heteroatoms. The van der Waals surface area contributed by atoms with Gasteiger partial charge in [0.05, 0.1) is 0 Å². The molecule has 52 heavy (non-hydrogen) atoms. The third-order valence-electron chi connectivity index (χ3n) is 11.5. The number of carbonyl (C=O) groups is 3. The molecule has 0 saturated heterocycles. The van der Waals surface area contributed by atoms with Crippen LogP contribution in [0.5, 0.6) is 0 Å². The van der Waals surface area contributed by atoms with Crippen LogP contribution in [0.4, 0.5) is 0 Å². The maximum Gasteiger partial charge on any atom is 0.220 e. The van der Waals surface area contributed by atoms with E-state index in [1.165, 1.54) is 128 Å². The number of rotatable bonds is 44. The molecule has 0 aliphatic carbocycles. The molecule has 1 radical (unpaired) electrons. The number of hydrogen-bond acceptors (Lipinski definition) is 4. The van der Waals surface area contributed by atoms with E-state index in [2.05, 4.69) is 27.1 Å². The van der Waals surface area contributed by atoms with Gasteiger partial charge in [-0.25, -0.2) is 0 Å². The van der Waals surface area contributed by atoms with Gasteiger partial charge in [-0.3, -0.25) is 19.2 Å². The lowest BCUT2D eigenvalue weighted by atomic mass is 9.73. The molecule has 0 fully saturated rings. The van der Waals surface area contributed by atoms with E-state index in [0.717, 1.165) is 109 Å². The molecule has 0 atom stereocenters. The molecule has 0 bridgehead atoms. The van der Waals surface area contributed by atoms with Gasteiger partial charge in [-0.1, -0.05) is 220 Å². The molecule has 0 aromatic rings. The minimum Gasteiger partial charge on any atom is -0.300 e. The summed E-state index contributed by atoms with van der Waals surface area (Å²) < 4.78 is 0. The van der Waals surface area contributed by atoms with Crippen LogP contribution < -0.4 is 0 Å². The summed E-state index contributed by atoms with van der Waals surface area (Å²) in [5.74, 6) is 0.107. The highest BCUT2D eigenvalue weighted by Gasteiger charge is 2.44. The Balaban J connectivity index is 4.41. The van der Waals surface area contributed by atoms with E-state index in [1.807, 2.05) is 0 Å². The van der Waals surface area contributed by atoms with Crippen LogP contribution >= 0.6 is 0 Å². The summed E-state index contributed by atoms with van der Waals surface area (Å²) in [5.41, 5.74) is -1.54. The zero-order chi connectivity index (χ0) is 38.2. The van der Waals surface area contributed by atoms with Gasteiger partial charge in [-0.15, -0.1) is 0 Å². The molecule has 305 valence electrons. The van der Waals surface area contributed by atoms with Gasteiger partial charge in [-0.05, 0) is 32.1 Å². The molecule has 4 nitrogen and oxygen atoms in total. The summed E-state index contributed by atoms with van der Waals surface area (Å²) in [4.78, 5) is 51.9. The Kier molecular flexibility index (Phi) is 38.4. The van der Waals surface area contributed by atoms with Crippen molar-refractivity contribution in [2.75, 3.05) is 0 Å². The summed E-state index contributed by atoms with van der Waals surface area (Å²) in [6.45, 7) is 6.74. The molecule has 0 saturated carbocycles. The van der Waals surface area contributed by atoms with Crippen LogP contribution in [-0.2, 0) is 19.2 Å². The third-order valence-corrected chi connectivity index (χ3v) is 11.5. The molecule has 0 spiro atoms. The lowest BCUT2D eigenvalue weighted by Crippen LogP contribution is -2.41. The van der Waals surface area contributed by atoms with Crippen molar-refractivity contribution >= 4 is 23.6 Å². The van der Waals surface area contributed by atoms with E-state index in [4.69, 9.17) is 0 Å². The van der Waals surface area contributed by atoms with Crippen LogP contribution in [-0.4, -0.2) is 23.6 Å². The van der Waals surface area contributed by atoms with Gasteiger partial charge in [-0.2, -0.15) is 0 Å². The van der Waals surface area contributed by atoms with Crippen LogP contribution in [0.1, 0.15) is 278 Å². The Morgan fingerprint density at radius 3 is 0.827 bits per heavy atom. The first-order chi connectivity index (χ1) is 25.5. The summed E-state index contributed by atoms with van der Waals surface area (Å²) in [6.07, 6.45) is 45.6. The maximum absolute atomic E-state index is 13.6.